The van der Waals surface area contributed by atoms with Crippen LogP contribution in [0.4, 0.5) is 17.1 Å². The van der Waals surface area contributed by atoms with Gasteiger partial charge in [-0.3, -0.25) is 0 Å². The lowest BCUT2D eigenvalue weighted by molar-refractivity contribution is 0.668. The Morgan fingerprint density at radius 2 is 0.825 bits per heavy atom. The summed E-state index contributed by atoms with van der Waals surface area (Å²) in [5, 5.41) is 4.25. The summed E-state index contributed by atoms with van der Waals surface area (Å²) in [6.45, 7) is 0. The third-order valence-electron chi connectivity index (χ3n) is 11.1. The van der Waals surface area contributed by atoms with Crippen molar-refractivity contribution >= 4 is 60.9 Å². The molecule has 0 saturated carbocycles. The van der Waals surface area contributed by atoms with Crippen LogP contribution in [0.2, 0.25) is 0 Å². The van der Waals surface area contributed by atoms with E-state index in [2.05, 4.69) is 205 Å². The van der Waals surface area contributed by atoms with Gasteiger partial charge < -0.3 is 13.7 Å². The summed E-state index contributed by atoms with van der Waals surface area (Å²) >= 11 is 0. The van der Waals surface area contributed by atoms with Crippen LogP contribution in [0.25, 0.3) is 88.4 Å². The van der Waals surface area contributed by atoms with Crippen LogP contribution >= 0.6 is 0 Å². The molecule has 0 atom stereocenters. The molecule has 268 valence electrons. The molecule has 2 heterocycles. The van der Waals surface area contributed by atoms with E-state index < -0.39 is 0 Å². The number of benzene rings is 9. The molecule has 0 unspecified atom stereocenters. The average Bonchev–Trinajstić information content (AvgIpc) is 3.87. The zero-order valence-electron chi connectivity index (χ0n) is 31.0. The summed E-state index contributed by atoms with van der Waals surface area (Å²) in [4.78, 5) is 2.35. The molecule has 0 aliphatic heterocycles. The van der Waals surface area contributed by atoms with Crippen LogP contribution in [0.1, 0.15) is 0 Å². The summed E-state index contributed by atoms with van der Waals surface area (Å²) < 4.78 is 13.6. The molecular formula is C54H35NO2. The van der Waals surface area contributed by atoms with Crippen molar-refractivity contribution in [3.8, 4) is 44.5 Å². The van der Waals surface area contributed by atoms with Gasteiger partial charge >= 0.3 is 0 Å². The van der Waals surface area contributed by atoms with Gasteiger partial charge in [0.25, 0.3) is 0 Å². The van der Waals surface area contributed by atoms with Crippen LogP contribution in [0.5, 0.6) is 0 Å². The fourth-order valence-electron chi connectivity index (χ4n) is 8.33. The molecule has 0 saturated heterocycles. The van der Waals surface area contributed by atoms with Crippen LogP contribution in [0.15, 0.2) is 221 Å². The topological polar surface area (TPSA) is 29.5 Å². The predicted octanol–water partition coefficient (Wildman–Crippen LogP) is 15.6. The average molecular weight is 730 g/mol. The highest BCUT2D eigenvalue weighted by atomic mass is 16.3. The van der Waals surface area contributed by atoms with Crippen molar-refractivity contribution in [2.45, 2.75) is 0 Å². The molecule has 11 rings (SSSR count). The molecule has 11 aromatic rings. The Balaban J connectivity index is 1.16. The number of fused-ring (bicyclic) bond motifs is 6. The standard InChI is InChI=1S/C54H35NO2/c1-4-14-36(15-5-1)38-26-28-39(29-27-38)40-30-32-43(33-31-40)55(48-23-13-25-51-52(48)46-20-10-11-24-50(46)56-51)49-35-42(37-16-6-2-7-17-37)34-47-45-22-12-21-44(53(45)57-54(47)49)41-18-8-3-9-19-41/h1-35H. The molecule has 0 amide bonds. The van der Waals surface area contributed by atoms with Crippen LogP contribution in [-0.4, -0.2) is 0 Å². The molecule has 9 aromatic carbocycles. The summed E-state index contributed by atoms with van der Waals surface area (Å²) in [6, 6.07) is 75.0. The van der Waals surface area contributed by atoms with Gasteiger partial charge in [0, 0.05) is 27.4 Å². The SMILES string of the molecule is c1ccc(-c2ccc(-c3ccc(N(c4cc(-c5ccccc5)cc5c4oc4c(-c6ccccc6)cccc45)c4cccc5oc6ccccc6c45)cc3)cc2)cc1. The molecule has 3 heteroatoms. The number of anilines is 3. The maximum Gasteiger partial charge on any atom is 0.159 e. The van der Waals surface area contributed by atoms with Crippen molar-refractivity contribution in [2.24, 2.45) is 0 Å². The van der Waals surface area contributed by atoms with Gasteiger partial charge in [-0.1, -0.05) is 170 Å². The van der Waals surface area contributed by atoms with Crippen molar-refractivity contribution in [2.75, 3.05) is 4.90 Å². The zero-order chi connectivity index (χ0) is 37.7. The molecule has 0 aliphatic carbocycles. The van der Waals surface area contributed by atoms with Gasteiger partial charge in [0.2, 0.25) is 0 Å². The van der Waals surface area contributed by atoms with Crippen LogP contribution in [-0.2, 0) is 0 Å². The molecule has 3 nitrogen and oxygen atoms in total. The smallest absolute Gasteiger partial charge is 0.159 e. The molecule has 0 bridgehead atoms. The number of hydrogen-bond acceptors (Lipinski definition) is 3. The summed E-state index contributed by atoms with van der Waals surface area (Å²) in [5.74, 6) is 0. The van der Waals surface area contributed by atoms with E-state index in [0.717, 1.165) is 94.3 Å². The van der Waals surface area contributed by atoms with Crippen molar-refractivity contribution in [1.29, 1.82) is 0 Å². The second-order valence-electron chi connectivity index (χ2n) is 14.5. The number of hydrogen-bond donors (Lipinski definition) is 0. The van der Waals surface area contributed by atoms with Crippen LogP contribution in [0.3, 0.4) is 0 Å². The Hall–Kier alpha value is -7.62. The van der Waals surface area contributed by atoms with Gasteiger partial charge in [0.05, 0.1) is 16.8 Å². The molecule has 0 N–H and O–H groups in total. The van der Waals surface area contributed by atoms with Gasteiger partial charge in [-0.15, -0.1) is 0 Å². The fraction of sp³-hybridized carbons (Fsp3) is 0. The molecule has 0 fully saturated rings. The lowest BCUT2D eigenvalue weighted by atomic mass is 9.98. The first-order chi connectivity index (χ1) is 28.3. The monoisotopic (exact) mass is 729 g/mol. The molecule has 0 aliphatic rings. The maximum atomic E-state index is 7.14. The second kappa shape index (κ2) is 13.6. The third kappa shape index (κ3) is 5.68. The lowest BCUT2D eigenvalue weighted by Crippen LogP contribution is -2.11. The first kappa shape index (κ1) is 32.8. The number of nitrogens with zero attached hydrogens (tertiary/aromatic N) is 1. The molecule has 0 spiro atoms. The van der Waals surface area contributed by atoms with Crippen molar-refractivity contribution in [3.05, 3.63) is 212 Å². The second-order valence-corrected chi connectivity index (χ2v) is 14.5. The van der Waals surface area contributed by atoms with E-state index in [4.69, 9.17) is 8.83 Å². The Bertz CT molecular complexity index is 3200. The molecule has 2 aromatic heterocycles. The quantitative estimate of drug-likeness (QED) is 0.164. The van der Waals surface area contributed by atoms with Crippen molar-refractivity contribution < 1.29 is 8.83 Å². The fourth-order valence-corrected chi connectivity index (χ4v) is 8.33. The van der Waals surface area contributed by atoms with E-state index in [9.17, 15) is 0 Å². The zero-order valence-corrected chi connectivity index (χ0v) is 31.0. The molecule has 57 heavy (non-hydrogen) atoms. The van der Waals surface area contributed by atoms with Gasteiger partial charge in [-0.25, -0.2) is 0 Å². The van der Waals surface area contributed by atoms with Gasteiger partial charge in [-0.05, 0) is 81.4 Å². The summed E-state index contributed by atoms with van der Waals surface area (Å²) in [6.07, 6.45) is 0. The van der Waals surface area contributed by atoms with Gasteiger partial charge in [0.15, 0.2) is 5.58 Å². The minimum atomic E-state index is 0.818. The highest BCUT2D eigenvalue weighted by molar-refractivity contribution is 6.18. The molecule has 0 radical (unpaired) electrons. The largest absolute Gasteiger partial charge is 0.456 e. The summed E-state index contributed by atoms with van der Waals surface area (Å²) in [7, 11) is 0. The Kier molecular flexibility index (Phi) is 7.82. The van der Waals surface area contributed by atoms with E-state index in [1.165, 1.54) is 11.1 Å². The third-order valence-corrected chi connectivity index (χ3v) is 11.1. The van der Waals surface area contributed by atoms with Crippen molar-refractivity contribution in [1.82, 2.24) is 0 Å². The normalized spacial score (nSPS) is 11.5. The van der Waals surface area contributed by atoms with E-state index in [1.807, 2.05) is 12.1 Å². The highest BCUT2D eigenvalue weighted by Crippen LogP contribution is 2.49. The van der Waals surface area contributed by atoms with Gasteiger partial charge in [0.1, 0.15) is 16.7 Å². The first-order valence-electron chi connectivity index (χ1n) is 19.3. The highest BCUT2D eigenvalue weighted by Gasteiger charge is 2.25. The Labute approximate surface area is 330 Å². The van der Waals surface area contributed by atoms with E-state index in [1.54, 1.807) is 0 Å². The minimum absolute atomic E-state index is 0.818. The summed E-state index contributed by atoms with van der Waals surface area (Å²) in [5.41, 5.74) is 15.5. The lowest BCUT2D eigenvalue weighted by Gasteiger charge is -2.27. The number of furan rings is 2. The predicted molar refractivity (Wildman–Crippen MR) is 237 cm³/mol. The number of para-hydroxylation sites is 2. The number of rotatable bonds is 7. The first-order valence-corrected chi connectivity index (χ1v) is 19.3. The van der Waals surface area contributed by atoms with Crippen LogP contribution < -0.4 is 4.90 Å². The Morgan fingerprint density at radius 3 is 1.51 bits per heavy atom. The van der Waals surface area contributed by atoms with E-state index in [0.29, 0.717) is 0 Å². The van der Waals surface area contributed by atoms with E-state index in [-0.39, 0.29) is 0 Å². The minimum Gasteiger partial charge on any atom is -0.456 e. The van der Waals surface area contributed by atoms with E-state index >= 15 is 0 Å². The maximum absolute atomic E-state index is 7.14. The Morgan fingerprint density at radius 1 is 0.298 bits per heavy atom. The van der Waals surface area contributed by atoms with Crippen molar-refractivity contribution in [3.63, 3.8) is 0 Å². The van der Waals surface area contributed by atoms with Crippen LogP contribution in [0, 0.1) is 0 Å². The van der Waals surface area contributed by atoms with Gasteiger partial charge in [-0.2, -0.15) is 0 Å². The molecular weight excluding hydrogens is 695 g/mol.